The fourth-order valence-electron chi connectivity index (χ4n) is 6.49. The first kappa shape index (κ1) is 38.2. The van der Waals surface area contributed by atoms with Crippen LogP contribution in [0.2, 0.25) is 0 Å². The number of carbonyl (C=O) groups excluding carboxylic acids is 4. The number of anilines is 1. The lowest BCUT2D eigenvalue weighted by Gasteiger charge is -2.41. The number of nitrogens with zero attached hydrogens (tertiary/aromatic N) is 2. The lowest BCUT2D eigenvalue weighted by molar-refractivity contribution is -0.161. The predicted octanol–water partition coefficient (Wildman–Crippen LogP) is 2.84. The Hall–Kier alpha value is -3.59. The largest absolute Gasteiger partial charge is 0.496 e. The number of thiol groups is 1. The molecule has 3 aliphatic heterocycles. The predicted molar refractivity (Wildman–Crippen MR) is 184 cm³/mol. The molecule has 3 amide bonds. The van der Waals surface area contributed by atoms with Gasteiger partial charge in [-0.05, 0) is 57.6 Å². The van der Waals surface area contributed by atoms with Crippen LogP contribution in [0.25, 0.3) is 0 Å². The number of benzene rings is 1. The standard InChI is InChI=1S/C35H49N3O10S/c1-19-10-9-11-27(39)35(44)18-26(46-33(43)36-35)21(3)31-34(5,48-31)28(47-32(42)22(4)37(6)29(40)12-13-49)17-30(41)38(7)24-15-23(14-19)16-25(45-8)20(24)2/h9-11,15-16,21-22,26-28,31,39,44,49H,12-14,17-18H2,1-8H3,(H,36,43)/b11-9+,19-10+. The number of ether oxygens (including phenoxy) is 4. The van der Waals surface area contributed by atoms with Gasteiger partial charge in [0, 0.05) is 38.4 Å². The Balaban J connectivity index is 1.76. The van der Waals surface area contributed by atoms with Gasteiger partial charge in [-0.2, -0.15) is 12.6 Å². The maximum absolute atomic E-state index is 14.1. The maximum Gasteiger partial charge on any atom is 0.409 e. The van der Waals surface area contributed by atoms with Crippen molar-refractivity contribution in [2.75, 3.05) is 31.9 Å². The zero-order valence-corrected chi connectivity index (χ0v) is 30.3. The molecule has 0 saturated carbocycles. The summed E-state index contributed by atoms with van der Waals surface area (Å²) >= 11 is 4.11. The Labute approximate surface area is 293 Å². The Morgan fingerprint density at radius 3 is 2.61 bits per heavy atom. The summed E-state index contributed by atoms with van der Waals surface area (Å²) in [7, 11) is 4.69. The second kappa shape index (κ2) is 15.1. The van der Waals surface area contributed by atoms with Crippen LogP contribution in [0.3, 0.4) is 0 Å². The monoisotopic (exact) mass is 703 g/mol. The van der Waals surface area contributed by atoms with Crippen molar-refractivity contribution in [2.24, 2.45) is 5.92 Å². The van der Waals surface area contributed by atoms with Crippen molar-refractivity contribution in [1.82, 2.24) is 10.2 Å². The van der Waals surface area contributed by atoms with Gasteiger partial charge in [0.2, 0.25) is 11.8 Å². The molecule has 0 aliphatic carbocycles. The SMILES string of the molecule is COc1cc2cc(c1C)N(C)C(=O)CC(OC(=O)C(C)N(C)C(=O)CCS)C1(C)OC1C(C)C1CC(O)(NC(=O)O1)C(O)/C=C/C=C(\C)C2. The molecule has 4 rings (SSSR count). The summed E-state index contributed by atoms with van der Waals surface area (Å²) in [6, 6.07) is 2.81. The minimum absolute atomic E-state index is 0.132. The summed E-state index contributed by atoms with van der Waals surface area (Å²) in [4.78, 5) is 55.5. The van der Waals surface area contributed by atoms with Crippen molar-refractivity contribution in [3.05, 3.63) is 47.1 Å². The number of rotatable bonds is 6. The first-order valence-electron chi connectivity index (χ1n) is 16.4. The molecule has 3 aliphatic rings. The smallest absolute Gasteiger partial charge is 0.409 e. The van der Waals surface area contributed by atoms with E-state index in [0.717, 1.165) is 16.7 Å². The second-order valence-electron chi connectivity index (χ2n) is 13.5. The van der Waals surface area contributed by atoms with Gasteiger partial charge in [-0.25, -0.2) is 9.59 Å². The molecular formula is C35H49N3O10S. The third-order valence-corrected chi connectivity index (χ3v) is 10.2. The van der Waals surface area contributed by atoms with Crippen LogP contribution < -0.4 is 15.0 Å². The Kier molecular flexibility index (Phi) is 11.8. The molecule has 8 unspecified atom stereocenters. The normalized spacial score (nSPS) is 32.8. The number of esters is 1. The molecule has 0 spiro atoms. The molecular weight excluding hydrogens is 654 g/mol. The van der Waals surface area contributed by atoms with Gasteiger partial charge in [0.05, 0.1) is 25.3 Å². The van der Waals surface area contributed by atoms with Gasteiger partial charge in [0.25, 0.3) is 0 Å². The molecule has 49 heavy (non-hydrogen) atoms. The Morgan fingerprint density at radius 2 is 1.96 bits per heavy atom. The van der Waals surface area contributed by atoms with Crippen LogP contribution in [-0.4, -0.2) is 108 Å². The van der Waals surface area contributed by atoms with E-state index in [2.05, 4.69) is 17.9 Å². The molecule has 1 aromatic rings. The van der Waals surface area contributed by atoms with Gasteiger partial charge < -0.3 is 39.0 Å². The number of allylic oxidation sites excluding steroid dienone is 3. The molecule has 2 saturated heterocycles. The van der Waals surface area contributed by atoms with Crippen LogP contribution in [-0.2, 0) is 35.0 Å². The van der Waals surface area contributed by atoms with Gasteiger partial charge >= 0.3 is 12.1 Å². The van der Waals surface area contributed by atoms with Gasteiger partial charge in [0.15, 0.2) is 5.72 Å². The lowest BCUT2D eigenvalue weighted by Crippen LogP contribution is -2.63. The summed E-state index contributed by atoms with van der Waals surface area (Å²) in [6.45, 7) is 8.76. The minimum atomic E-state index is -2.04. The number of aliphatic hydroxyl groups excluding tert-OH is 1. The number of hydrogen-bond acceptors (Lipinski definition) is 11. The van der Waals surface area contributed by atoms with E-state index in [0.29, 0.717) is 23.6 Å². The zero-order valence-electron chi connectivity index (χ0n) is 29.4. The minimum Gasteiger partial charge on any atom is -0.496 e. The fourth-order valence-corrected chi connectivity index (χ4v) is 6.68. The number of likely N-dealkylation sites (N-methyl/N-ethyl adjacent to an activating group) is 1. The maximum atomic E-state index is 14.1. The van der Waals surface area contributed by atoms with Crippen LogP contribution in [0.4, 0.5) is 10.5 Å². The molecule has 0 radical (unpaired) electrons. The van der Waals surface area contributed by atoms with Crippen LogP contribution in [0.1, 0.15) is 58.1 Å². The quantitative estimate of drug-likeness (QED) is 0.197. The van der Waals surface area contributed by atoms with Gasteiger partial charge in [-0.1, -0.05) is 30.7 Å². The zero-order chi connectivity index (χ0) is 36.4. The van der Waals surface area contributed by atoms with E-state index in [1.54, 1.807) is 47.1 Å². The number of nitrogens with one attached hydrogen (secondary N) is 1. The van der Waals surface area contributed by atoms with Gasteiger partial charge in [-0.3, -0.25) is 14.9 Å². The summed E-state index contributed by atoms with van der Waals surface area (Å²) in [6.07, 6.45) is -0.107. The molecule has 2 fully saturated rings. The Bertz CT molecular complexity index is 1520. The van der Waals surface area contributed by atoms with E-state index in [-0.39, 0.29) is 31.1 Å². The summed E-state index contributed by atoms with van der Waals surface area (Å²) in [5, 5.41) is 24.7. The number of methoxy groups -OCH3 is 1. The van der Waals surface area contributed by atoms with Crippen molar-refractivity contribution >= 4 is 42.2 Å². The molecule has 13 nitrogen and oxygen atoms in total. The highest BCUT2D eigenvalue weighted by molar-refractivity contribution is 7.80. The highest BCUT2D eigenvalue weighted by Crippen LogP contribution is 2.49. The van der Waals surface area contributed by atoms with Crippen molar-refractivity contribution < 1.29 is 48.3 Å². The number of amides is 3. The van der Waals surface area contributed by atoms with Crippen molar-refractivity contribution in [2.45, 2.75) is 102 Å². The molecule has 3 heterocycles. The van der Waals surface area contributed by atoms with E-state index in [1.165, 1.54) is 22.9 Å². The van der Waals surface area contributed by atoms with Crippen molar-refractivity contribution in [3.8, 4) is 5.75 Å². The lowest BCUT2D eigenvalue weighted by atomic mass is 9.83. The highest BCUT2D eigenvalue weighted by atomic mass is 32.1. The van der Waals surface area contributed by atoms with Crippen molar-refractivity contribution in [1.29, 1.82) is 0 Å². The first-order chi connectivity index (χ1) is 22.9. The Morgan fingerprint density at radius 1 is 1.27 bits per heavy atom. The number of alkyl carbamates (subject to hydrolysis) is 1. The third kappa shape index (κ3) is 8.25. The topological polar surface area (TPSA) is 167 Å². The fraction of sp³-hybridized carbons (Fsp3) is 0.600. The molecule has 270 valence electrons. The third-order valence-electron chi connectivity index (χ3n) is 9.93. The molecule has 3 N–H and O–H groups in total. The van der Waals surface area contributed by atoms with Crippen LogP contribution in [0.15, 0.2) is 35.9 Å². The van der Waals surface area contributed by atoms with Gasteiger partial charge in [-0.15, -0.1) is 0 Å². The van der Waals surface area contributed by atoms with E-state index >= 15 is 0 Å². The summed E-state index contributed by atoms with van der Waals surface area (Å²) in [5.74, 6) is -1.05. The van der Waals surface area contributed by atoms with Crippen LogP contribution in [0.5, 0.6) is 5.75 Å². The van der Waals surface area contributed by atoms with E-state index in [1.807, 2.05) is 26.0 Å². The number of aliphatic hydroxyl groups is 2. The second-order valence-corrected chi connectivity index (χ2v) is 13.9. The molecule has 8 atom stereocenters. The average Bonchev–Trinajstić information content (AvgIpc) is 3.74. The van der Waals surface area contributed by atoms with E-state index in [9.17, 15) is 29.4 Å². The molecule has 1 aromatic carbocycles. The number of epoxide rings is 1. The average molecular weight is 704 g/mol. The highest BCUT2D eigenvalue weighted by Gasteiger charge is 2.64. The molecule has 14 heteroatoms. The van der Waals surface area contributed by atoms with E-state index in [4.69, 9.17) is 18.9 Å². The molecule has 4 bridgehead atoms. The van der Waals surface area contributed by atoms with Crippen LogP contribution >= 0.6 is 12.6 Å². The molecule has 0 aromatic heterocycles. The van der Waals surface area contributed by atoms with E-state index < -0.39 is 59.8 Å². The first-order valence-corrected chi connectivity index (χ1v) is 17.0. The van der Waals surface area contributed by atoms with Crippen LogP contribution in [0, 0.1) is 12.8 Å². The number of hydrogen-bond donors (Lipinski definition) is 4. The number of carbonyl (C=O) groups is 4. The number of fused-ring (bicyclic) bond motifs is 5. The summed E-state index contributed by atoms with van der Waals surface area (Å²) in [5.41, 5.74) is -0.138. The van der Waals surface area contributed by atoms with Gasteiger partial charge in [0.1, 0.15) is 35.7 Å². The summed E-state index contributed by atoms with van der Waals surface area (Å²) < 4.78 is 23.4. The van der Waals surface area contributed by atoms with Crippen molar-refractivity contribution in [3.63, 3.8) is 0 Å².